The van der Waals surface area contributed by atoms with Crippen LogP contribution in [0.15, 0.2) is 58.7 Å². The number of ketones is 1. The van der Waals surface area contributed by atoms with E-state index in [0.717, 1.165) is 54.4 Å². The van der Waals surface area contributed by atoms with Crippen LogP contribution in [0.1, 0.15) is 57.4 Å². The SMILES string of the molecule is CCn1c2ccccc2c2cc([C@@H]3C(C(=O)OC[C@@H]4CCCO4)=C(C)N=C4CCCC(=O)C43)ccc21. The predicted molar refractivity (Wildman–Crippen MR) is 140 cm³/mol. The first-order chi connectivity index (χ1) is 17.6. The molecule has 36 heavy (non-hydrogen) atoms. The maximum atomic E-state index is 13.5. The summed E-state index contributed by atoms with van der Waals surface area (Å²) in [6.45, 7) is 5.84. The molecule has 1 saturated carbocycles. The summed E-state index contributed by atoms with van der Waals surface area (Å²) in [5.41, 5.74) is 5.39. The van der Waals surface area contributed by atoms with Crippen molar-refractivity contribution in [1.82, 2.24) is 4.57 Å². The summed E-state index contributed by atoms with van der Waals surface area (Å²) in [4.78, 5) is 31.6. The van der Waals surface area contributed by atoms with Gasteiger partial charge in [-0.2, -0.15) is 0 Å². The minimum atomic E-state index is -0.412. The van der Waals surface area contributed by atoms with Crippen molar-refractivity contribution in [3.05, 3.63) is 59.3 Å². The van der Waals surface area contributed by atoms with Crippen molar-refractivity contribution in [2.45, 2.75) is 64.5 Å². The summed E-state index contributed by atoms with van der Waals surface area (Å²) in [6, 6.07) is 14.8. The third-order valence-corrected chi connectivity index (χ3v) is 8.02. The van der Waals surface area contributed by atoms with Crippen molar-refractivity contribution in [3.8, 4) is 0 Å². The van der Waals surface area contributed by atoms with Gasteiger partial charge in [-0.15, -0.1) is 0 Å². The number of para-hydroxylation sites is 1. The molecule has 2 aromatic carbocycles. The molecule has 3 heterocycles. The number of fused-ring (bicyclic) bond motifs is 4. The van der Waals surface area contributed by atoms with E-state index in [1.54, 1.807) is 0 Å². The van der Waals surface area contributed by atoms with Gasteiger partial charge < -0.3 is 14.0 Å². The van der Waals surface area contributed by atoms with Crippen LogP contribution >= 0.6 is 0 Å². The van der Waals surface area contributed by atoms with Crippen molar-refractivity contribution >= 4 is 39.3 Å². The molecule has 6 nitrogen and oxygen atoms in total. The van der Waals surface area contributed by atoms with Gasteiger partial charge in [0.1, 0.15) is 12.4 Å². The number of nitrogens with zero attached hydrogens (tertiary/aromatic N) is 2. The smallest absolute Gasteiger partial charge is 0.336 e. The van der Waals surface area contributed by atoms with Crippen LogP contribution in [0.5, 0.6) is 0 Å². The van der Waals surface area contributed by atoms with E-state index >= 15 is 0 Å². The van der Waals surface area contributed by atoms with Gasteiger partial charge in [-0.3, -0.25) is 9.79 Å². The first-order valence-corrected chi connectivity index (χ1v) is 13.2. The fraction of sp³-hybridized carbons (Fsp3) is 0.433. The molecule has 0 bridgehead atoms. The van der Waals surface area contributed by atoms with Gasteiger partial charge in [0.2, 0.25) is 0 Å². The second kappa shape index (κ2) is 9.32. The Balaban J connectivity index is 1.47. The molecule has 0 amide bonds. The third-order valence-electron chi connectivity index (χ3n) is 8.02. The van der Waals surface area contributed by atoms with Gasteiger partial charge in [0, 0.05) is 58.7 Å². The molecule has 2 aliphatic heterocycles. The molecule has 0 N–H and O–H groups in total. The van der Waals surface area contributed by atoms with Gasteiger partial charge in [-0.1, -0.05) is 24.3 Å². The van der Waals surface area contributed by atoms with Gasteiger partial charge in [0.25, 0.3) is 0 Å². The van der Waals surface area contributed by atoms with E-state index in [9.17, 15) is 9.59 Å². The molecular weight excluding hydrogens is 452 g/mol. The highest BCUT2D eigenvalue weighted by atomic mass is 16.6. The highest BCUT2D eigenvalue weighted by Crippen LogP contribution is 2.44. The van der Waals surface area contributed by atoms with Crippen molar-refractivity contribution in [2.24, 2.45) is 10.9 Å². The standard InChI is InChI=1S/C30H32N2O4/c1-3-32-24-11-5-4-9-21(24)22-16-19(13-14-25(22)32)28-27(30(34)36-17-20-8-7-15-35-20)18(2)31-23-10-6-12-26(33)29(23)28/h4-5,9,11,13-14,16,20,28-29H,3,6-8,10,12,15,17H2,1-2H3/t20-,28+,29?/m0/s1. The van der Waals surface area contributed by atoms with Crippen LogP contribution in [0.25, 0.3) is 21.8 Å². The maximum Gasteiger partial charge on any atom is 0.336 e. The quantitative estimate of drug-likeness (QED) is 0.435. The van der Waals surface area contributed by atoms with Gasteiger partial charge in [0.05, 0.1) is 17.6 Å². The zero-order chi connectivity index (χ0) is 24.8. The van der Waals surface area contributed by atoms with Gasteiger partial charge in [-0.25, -0.2) is 4.79 Å². The molecule has 1 saturated heterocycles. The number of hydrogen-bond donors (Lipinski definition) is 0. The maximum absolute atomic E-state index is 13.5. The summed E-state index contributed by atoms with van der Waals surface area (Å²) < 4.78 is 13.7. The number of Topliss-reactive ketones (excluding diaryl/α,β-unsaturated/α-hetero) is 1. The molecule has 2 fully saturated rings. The number of hydrogen-bond acceptors (Lipinski definition) is 5. The number of aliphatic imine (C=N–C) groups is 1. The number of aryl methyl sites for hydroxylation is 1. The fourth-order valence-corrected chi connectivity index (χ4v) is 6.37. The van der Waals surface area contributed by atoms with E-state index in [1.807, 2.05) is 6.92 Å². The molecular formula is C30H32N2O4. The monoisotopic (exact) mass is 484 g/mol. The van der Waals surface area contributed by atoms with Gasteiger partial charge >= 0.3 is 5.97 Å². The molecule has 3 atom stereocenters. The number of ether oxygens (including phenoxy) is 2. The lowest BCUT2D eigenvalue weighted by Gasteiger charge is -2.35. The summed E-state index contributed by atoms with van der Waals surface area (Å²) in [7, 11) is 0. The molecule has 0 radical (unpaired) electrons. The largest absolute Gasteiger partial charge is 0.460 e. The van der Waals surface area contributed by atoms with E-state index in [1.165, 1.54) is 10.9 Å². The average molecular weight is 485 g/mol. The lowest BCUT2D eigenvalue weighted by atomic mass is 9.69. The van der Waals surface area contributed by atoms with E-state index < -0.39 is 11.8 Å². The predicted octanol–water partition coefficient (Wildman–Crippen LogP) is 5.72. The van der Waals surface area contributed by atoms with Crippen molar-refractivity contribution < 1.29 is 19.1 Å². The Hall–Kier alpha value is -3.25. The third kappa shape index (κ3) is 3.79. The molecule has 1 aromatic heterocycles. The number of allylic oxidation sites excluding steroid dienone is 1. The van der Waals surface area contributed by atoms with Gasteiger partial charge in [0.15, 0.2) is 0 Å². The molecule has 6 rings (SSSR count). The molecule has 1 aliphatic carbocycles. The Morgan fingerprint density at radius 2 is 1.92 bits per heavy atom. The topological polar surface area (TPSA) is 69.9 Å². The second-order valence-corrected chi connectivity index (χ2v) is 10.1. The number of rotatable bonds is 5. The van der Waals surface area contributed by atoms with Crippen LogP contribution in [0, 0.1) is 5.92 Å². The zero-order valence-corrected chi connectivity index (χ0v) is 21.0. The molecule has 186 valence electrons. The lowest BCUT2D eigenvalue weighted by molar-refractivity contribution is -0.142. The van der Waals surface area contributed by atoms with Crippen LogP contribution in [-0.4, -0.2) is 41.3 Å². The Kier molecular flexibility index (Phi) is 6.00. The lowest BCUT2D eigenvalue weighted by Crippen LogP contribution is -2.39. The zero-order valence-electron chi connectivity index (χ0n) is 21.0. The van der Waals surface area contributed by atoms with Crippen molar-refractivity contribution in [3.63, 3.8) is 0 Å². The first-order valence-electron chi connectivity index (χ1n) is 13.2. The summed E-state index contributed by atoms with van der Waals surface area (Å²) in [5.74, 6) is -1.02. The number of esters is 1. The summed E-state index contributed by atoms with van der Waals surface area (Å²) >= 11 is 0. The molecule has 6 heteroatoms. The highest BCUT2D eigenvalue weighted by Gasteiger charge is 2.44. The number of benzene rings is 2. The Morgan fingerprint density at radius 3 is 2.72 bits per heavy atom. The molecule has 3 aromatic rings. The van der Waals surface area contributed by atoms with E-state index in [2.05, 4.69) is 54.0 Å². The Bertz CT molecular complexity index is 1420. The number of carbonyl (C=O) groups is 2. The fourth-order valence-electron chi connectivity index (χ4n) is 6.37. The van der Waals surface area contributed by atoms with Crippen LogP contribution < -0.4 is 0 Å². The molecule has 1 unspecified atom stereocenters. The van der Waals surface area contributed by atoms with Crippen LogP contribution in [0.2, 0.25) is 0 Å². The molecule has 3 aliphatic rings. The van der Waals surface area contributed by atoms with E-state index in [0.29, 0.717) is 24.3 Å². The highest BCUT2D eigenvalue weighted by molar-refractivity contribution is 6.12. The Morgan fingerprint density at radius 1 is 1.08 bits per heavy atom. The second-order valence-electron chi connectivity index (χ2n) is 10.1. The summed E-state index contributed by atoms with van der Waals surface area (Å²) in [5, 5.41) is 2.32. The number of carbonyl (C=O) groups excluding carboxylic acids is 2. The average Bonchev–Trinajstić information content (AvgIpc) is 3.52. The summed E-state index contributed by atoms with van der Waals surface area (Å²) in [6.07, 6.45) is 3.97. The normalized spacial score (nSPS) is 24.3. The van der Waals surface area contributed by atoms with Crippen molar-refractivity contribution in [1.29, 1.82) is 0 Å². The van der Waals surface area contributed by atoms with Crippen LogP contribution in [0.3, 0.4) is 0 Å². The van der Waals surface area contributed by atoms with Crippen molar-refractivity contribution in [2.75, 3.05) is 13.2 Å². The minimum Gasteiger partial charge on any atom is -0.460 e. The Labute approximate surface area is 211 Å². The van der Waals surface area contributed by atoms with E-state index in [-0.39, 0.29) is 24.5 Å². The molecule has 0 spiro atoms. The number of aromatic nitrogens is 1. The minimum absolute atomic E-state index is 0.0520. The van der Waals surface area contributed by atoms with Gasteiger partial charge in [-0.05, 0) is 63.3 Å². The van der Waals surface area contributed by atoms with E-state index in [4.69, 9.17) is 14.5 Å². The first kappa shape index (κ1) is 23.2. The van der Waals surface area contributed by atoms with Crippen LogP contribution in [-0.2, 0) is 25.6 Å². The van der Waals surface area contributed by atoms with Crippen LogP contribution in [0.4, 0.5) is 0 Å².